The third-order valence-corrected chi connectivity index (χ3v) is 4.79. The van der Waals surface area contributed by atoms with Gasteiger partial charge in [-0.05, 0) is 56.7 Å². The predicted molar refractivity (Wildman–Crippen MR) is 88.2 cm³/mol. The van der Waals surface area contributed by atoms with E-state index >= 15 is 0 Å². The molecule has 0 amide bonds. The van der Waals surface area contributed by atoms with Crippen LogP contribution in [0.5, 0.6) is 5.75 Å². The smallest absolute Gasteiger partial charge is 0.252 e. The fourth-order valence-corrected chi connectivity index (χ4v) is 3.23. The second kappa shape index (κ2) is 6.97. The maximum absolute atomic E-state index is 12.3. The van der Waals surface area contributed by atoms with Gasteiger partial charge in [-0.3, -0.25) is 4.79 Å². The fraction of sp³-hybridized carbons (Fsp3) is 0.312. The number of aromatic nitrogens is 1. The van der Waals surface area contributed by atoms with E-state index in [2.05, 4.69) is 9.71 Å². The van der Waals surface area contributed by atoms with E-state index in [0.717, 1.165) is 11.3 Å². The number of pyridine rings is 1. The molecule has 2 rings (SSSR count). The van der Waals surface area contributed by atoms with Gasteiger partial charge in [0.1, 0.15) is 5.75 Å². The maximum Gasteiger partial charge on any atom is 0.252 e. The molecule has 0 fully saturated rings. The summed E-state index contributed by atoms with van der Waals surface area (Å²) in [6.07, 6.45) is 0. The molecule has 0 aliphatic heterocycles. The van der Waals surface area contributed by atoms with Gasteiger partial charge in [-0.1, -0.05) is 0 Å². The quantitative estimate of drug-likeness (QED) is 0.843. The number of H-pyrrole nitrogens is 1. The molecule has 0 radical (unpaired) electrons. The lowest BCUT2D eigenvalue weighted by Gasteiger charge is -2.10. The molecule has 124 valence electrons. The summed E-state index contributed by atoms with van der Waals surface area (Å²) in [5.41, 5.74) is 1.62. The van der Waals surface area contributed by atoms with Gasteiger partial charge in [0.15, 0.2) is 0 Å². The Kier molecular flexibility index (Phi) is 5.23. The molecule has 1 aromatic heterocycles. The van der Waals surface area contributed by atoms with E-state index in [1.165, 1.54) is 12.1 Å². The van der Waals surface area contributed by atoms with Crippen molar-refractivity contribution in [2.45, 2.75) is 32.2 Å². The Balaban J connectivity index is 2.17. The third kappa shape index (κ3) is 4.20. The molecular weight excluding hydrogens is 316 g/mol. The van der Waals surface area contributed by atoms with Gasteiger partial charge in [0, 0.05) is 17.8 Å². The van der Waals surface area contributed by atoms with E-state index in [1.54, 1.807) is 26.0 Å². The van der Waals surface area contributed by atoms with Crippen molar-refractivity contribution in [1.29, 1.82) is 0 Å². The highest BCUT2D eigenvalue weighted by Gasteiger charge is 2.15. The van der Waals surface area contributed by atoms with Crippen molar-refractivity contribution >= 4 is 10.0 Å². The number of benzene rings is 1. The van der Waals surface area contributed by atoms with Crippen LogP contribution in [0.4, 0.5) is 0 Å². The van der Waals surface area contributed by atoms with Crippen LogP contribution in [0.15, 0.2) is 40.0 Å². The van der Waals surface area contributed by atoms with Crippen LogP contribution in [0.1, 0.15) is 23.7 Å². The van der Waals surface area contributed by atoms with Crippen LogP contribution >= 0.6 is 0 Å². The highest BCUT2D eigenvalue weighted by Crippen LogP contribution is 2.16. The Bertz CT molecular complexity index is 839. The first kappa shape index (κ1) is 17.2. The molecule has 0 spiro atoms. The second-order valence-electron chi connectivity index (χ2n) is 5.17. The molecule has 2 N–H and O–H groups in total. The summed E-state index contributed by atoms with van der Waals surface area (Å²) in [4.78, 5) is 14.7. The van der Waals surface area contributed by atoms with Crippen molar-refractivity contribution in [1.82, 2.24) is 9.71 Å². The van der Waals surface area contributed by atoms with Crippen molar-refractivity contribution < 1.29 is 13.2 Å². The van der Waals surface area contributed by atoms with Gasteiger partial charge in [-0.25, -0.2) is 13.1 Å². The van der Waals surface area contributed by atoms with Gasteiger partial charge >= 0.3 is 0 Å². The molecule has 2 aromatic rings. The SMILES string of the molecule is CCOc1ccc(S(=O)(=O)NCc2c(C)cc(C)[nH]c2=O)cc1. The molecule has 6 nitrogen and oxygen atoms in total. The molecule has 0 atom stereocenters. The van der Waals surface area contributed by atoms with Crippen molar-refractivity contribution in [2.75, 3.05) is 6.61 Å². The number of nitrogens with one attached hydrogen (secondary N) is 2. The third-order valence-electron chi connectivity index (χ3n) is 3.38. The van der Waals surface area contributed by atoms with Crippen molar-refractivity contribution in [2.24, 2.45) is 0 Å². The minimum Gasteiger partial charge on any atom is -0.494 e. The molecule has 0 saturated carbocycles. The summed E-state index contributed by atoms with van der Waals surface area (Å²) in [5, 5.41) is 0. The molecule has 0 bridgehead atoms. The topological polar surface area (TPSA) is 88.3 Å². The number of sulfonamides is 1. The lowest BCUT2D eigenvalue weighted by Crippen LogP contribution is -2.28. The summed E-state index contributed by atoms with van der Waals surface area (Å²) in [5.74, 6) is 0.609. The molecular formula is C16H20N2O4S. The number of rotatable bonds is 6. The van der Waals surface area contributed by atoms with Gasteiger partial charge < -0.3 is 9.72 Å². The van der Waals surface area contributed by atoms with E-state index in [0.29, 0.717) is 17.9 Å². The van der Waals surface area contributed by atoms with Crippen LogP contribution in [0, 0.1) is 13.8 Å². The van der Waals surface area contributed by atoms with Gasteiger partial charge in [0.25, 0.3) is 5.56 Å². The number of aromatic amines is 1. The largest absolute Gasteiger partial charge is 0.494 e. The summed E-state index contributed by atoms with van der Waals surface area (Å²) in [7, 11) is -3.69. The lowest BCUT2D eigenvalue weighted by atomic mass is 10.1. The standard InChI is InChI=1S/C16H20N2O4S/c1-4-22-13-5-7-14(8-6-13)23(20,21)17-10-15-11(2)9-12(3)18-16(15)19/h5-9,17H,4,10H2,1-3H3,(H,18,19). The summed E-state index contributed by atoms with van der Waals surface area (Å²) in [6, 6.07) is 7.95. The first-order valence-corrected chi connectivity index (χ1v) is 8.73. The normalized spacial score (nSPS) is 11.4. The van der Waals surface area contributed by atoms with E-state index < -0.39 is 10.0 Å². The number of hydrogen-bond acceptors (Lipinski definition) is 4. The average Bonchev–Trinajstić information content (AvgIpc) is 2.47. The minimum absolute atomic E-state index is 0.0585. The van der Waals surface area contributed by atoms with Crippen LogP contribution in [-0.2, 0) is 16.6 Å². The number of aryl methyl sites for hydroxylation is 2. The van der Waals surface area contributed by atoms with Gasteiger partial charge in [0.05, 0.1) is 11.5 Å². The van der Waals surface area contributed by atoms with Crippen molar-refractivity contribution in [3.63, 3.8) is 0 Å². The molecule has 23 heavy (non-hydrogen) atoms. The zero-order valence-corrected chi connectivity index (χ0v) is 14.2. The zero-order valence-electron chi connectivity index (χ0n) is 13.3. The Labute approximate surface area is 135 Å². The van der Waals surface area contributed by atoms with Gasteiger partial charge in [-0.15, -0.1) is 0 Å². The Morgan fingerprint density at radius 1 is 1.17 bits per heavy atom. The fourth-order valence-electron chi connectivity index (χ4n) is 2.23. The molecule has 1 heterocycles. The molecule has 0 saturated heterocycles. The van der Waals surface area contributed by atoms with Gasteiger partial charge in [0.2, 0.25) is 10.0 Å². The van der Waals surface area contributed by atoms with Crippen LogP contribution in [0.2, 0.25) is 0 Å². The van der Waals surface area contributed by atoms with Crippen LogP contribution < -0.4 is 15.0 Å². The van der Waals surface area contributed by atoms with Gasteiger partial charge in [-0.2, -0.15) is 0 Å². The second-order valence-corrected chi connectivity index (χ2v) is 6.94. The molecule has 1 aromatic carbocycles. The Hall–Kier alpha value is -2.12. The maximum atomic E-state index is 12.3. The van der Waals surface area contributed by atoms with E-state index in [9.17, 15) is 13.2 Å². The predicted octanol–water partition coefficient (Wildman–Crippen LogP) is 1.87. The Morgan fingerprint density at radius 2 is 1.83 bits per heavy atom. The van der Waals surface area contributed by atoms with Crippen LogP contribution in [0.3, 0.4) is 0 Å². The van der Waals surface area contributed by atoms with E-state index in [1.807, 2.05) is 13.0 Å². The van der Waals surface area contributed by atoms with Crippen LogP contribution in [0.25, 0.3) is 0 Å². The monoisotopic (exact) mass is 336 g/mol. The minimum atomic E-state index is -3.69. The highest BCUT2D eigenvalue weighted by molar-refractivity contribution is 7.89. The Morgan fingerprint density at radius 3 is 2.39 bits per heavy atom. The van der Waals surface area contributed by atoms with Crippen molar-refractivity contribution in [3.8, 4) is 5.75 Å². The number of hydrogen-bond donors (Lipinski definition) is 2. The number of ether oxygens (including phenoxy) is 1. The van der Waals surface area contributed by atoms with Crippen LogP contribution in [-0.4, -0.2) is 20.0 Å². The summed E-state index contributed by atoms with van der Waals surface area (Å²) >= 11 is 0. The highest BCUT2D eigenvalue weighted by atomic mass is 32.2. The van der Waals surface area contributed by atoms with E-state index in [-0.39, 0.29) is 17.0 Å². The summed E-state index contributed by atoms with van der Waals surface area (Å²) < 4.78 is 32.3. The lowest BCUT2D eigenvalue weighted by molar-refractivity contribution is 0.340. The first-order chi connectivity index (χ1) is 10.8. The van der Waals surface area contributed by atoms with Crippen molar-refractivity contribution in [3.05, 3.63) is 57.5 Å². The first-order valence-electron chi connectivity index (χ1n) is 7.25. The summed E-state index contributed by atoms with van der Waals surface area (Å²) in [6.45, 7) is 5.87. The van der Waals surface area contributed by atoms with E-state index in [4.69, 9.17) is 4.74 Å². The molecule has 0 aliphatic carbocycles. The molecule has 7 heteroatoms. The average molecular weight is 336 g/mol. The zero-order chi connectivity index (χ0) is 17.0. The molecule has 0 unspecified atom stereocenters. The molecule has 0 aliphatic rings.